The Morgan fingerprint density at radius 2 is 1.90 bits per heavy atom. The molecule has 1 aromatic rings. The summed E-state index contributed by atoms with van der Waals surface area (Å²) in [5.41, 5.74) is 1.79. The average Bonchev–Trinajstić information content (AvgIpc) is 2.35. The molecule has 0 aliphatic rings. The number of rotatable bonds is 5. The maximum atomic E-state index is 11.4. The van der Waals surface area contributed by atoms with Crippen molar-refractivity contribution in [2.45, 2.75) is 46.0 Å². The highest BCUT2D eigenvalue weighted by molar-refractivity contribution is 5.90. The number of carboxylic acids is 1. The van der Waals surface area contributed by atoms with Crippen LogP contribution in [0.5, 0.6) is 0 Å². The summed E-state index contributed by atoms with van der Waals surface area (Å²) in [6.45, 7) is 8.19. The van der Waals surface area contributed by atoms with Crippen LogP contribution in [0.15, 0.2) is 18.2 Å². The molecule has 1 rings (SSSR count). The van der Waals surface area contributed by atoms with E-state index < -0.39 is 5.97 Å². The lowest BCUT2D eigenvalue weighted by atomic mass is 9.84. The Bertz CT molecular complexity index is 498. The van der Waals surface area contributed by atoms with Crippen LogP contribution in [0.3, 0.4) is 0 Å². The van der Waals surface area contributed by atoms with Gasteiger partial charge in [-0.2, -0.15) is 0 Å². The summed E-state index contributed by atoms with van der Waals surface area (Å²) in [5.74, 6) is -1.27. The molecule has 0 bridgehead atoms. The van der Waals surface area contributed by atoms with E-state index in [0.717, 1.165) is 5.56 Å². The van der Waals surface area contributed by atoms with E-state index in [4.69, 9.17) is 4.74 Å². The maximum absolute atomic E-state index is 11.4. The summed E-state index contributed by atoms with van der Waals surface area (Å²) in [6, 6.07) is 5.42. The third-order valence-electron chi connectivity index (χ3n) is 3.11. The van der Waals surface area contributed by atoms with Gasteiger partial charge < -0.3 is 9.84 Å². The van der Waals surface area contributed by atoms with Crippen LogP contribution in [0.25, 0.3) is 0 Å². The van der Waals surface area contributed by atoms with Crippen molar-refractivity contribution in [2.75, 3.05) is 6.61 Å². The molecule has 4 heteroatoms. The van der Waals surface area contributed by atoms with Gasteiger partial charge in [0.25, 0.3) is 0 Å². The predicted molar refractivity (Wildman–Crippen MR) is 77.1 cm³/mol. The second kappa shape index (κ2) is 6.55. The minimum absolute atomic E-state index is 0.107. The summed E-state index contributed by atoms with van der Waals surface area (Å²) in [6.07, 6.45) is 0.577. The van der Waals surface area contributed by atoms with Crippen molar-refractivity contribution >= 4 is 11.9 Å². The van der Waals surface area contributed by atoms with Gasteiger partial charge >= 0.3 is 11.9 Å². The number of aromatic carboxylic acids is 1. The van der Waals surface area contributed by atoms with Crippen LogP contribution in [0.1, 0.15) is 55.6 Å². The van der Waals surface area contributed by atoms with Gasteiger partial charge in [0.15, 0.2) is 0 Å². The smallest absolute Gasteiger partial charge is 0.335 e. The van der Waals surface area contributed by atoms with Crippen molar-refractivity contribution in [1.29, 1.82) is 0 Å². The number of esters is 1. The molecular weight excluding hydrogens is 256 g/mol. The Balaban J connectivity index is 2.97. The average molecular weight is 278 g/mol. The lowest BCUT2D eigenvalue weighted by Gasteiger charge is -2.20. The predicted octanol–water partition coefficient (Wildman–Crippen LogP) is 3.18. The van der Waals surface area contributed by atoms with E-state index in [9.17, 15) is 14.7 Å². The standard InChI is InChI=1S/C16H22O4/c1-5-20-14(17)9-7-11-6-8-12(16(2,3)4)10-13(11)15(18)19/h6,8,10H,5,7,9H2,1-4H3,(H,18,19). The van der Waals surface area contributed by atoms with Crippen LogP contribution >= 0.6 is 0 Å². The molecule has 0 saturated heterocycles. The van der Waals surface area contributed by atoms with Gasteiger partial charge in [-0.25, -0.2) is 4.79 Å². The quantitative estimate of drug-likeness (QED) is 0.840. The molecule has 0 atom stereocenters. The molecule has 0 heterocycles. The molecule has 4 nitrogen and oxygen atoms in total. The van der Waals surface area contributed by atoms with Crippen LogP contribution < -0.4 is 0 Å². The van der Waals surface area contributed by atoms with Crippen molar-refractivity contribution in [1.82, 2.24) is 0 Å². The van der Waals surface area contributed by atoms with Crippen LogP contribution in [-0.4, -0.2) is 23.7 Å². The molecule has 0 fully saturated rings. The Morgan fingerprint density at radius 3 is 2.40 bits per heavy atom. The summed E-state index contributed by atoms with van der Waals surface area (Å²) >= 11 is 0. The lowest BCUT2D eigenvalue weighted by Crippen LogP contribution is -2.14. The first-order chi connectivity index (χ1) is 9.25. The highest BCUT2D eigenvalue weighted by Gasteiger charge is 2.18. The van der Waals surface area contributed by atoms with Crippen LogP contribution in [0.2, 0.25) is 0 Å². The van der Waals surface area contributed by atoms with Crippen molar-refractivity contribution in [2.24, 2.45) is 0 Å². The third kappa shape index (κ3) is 4.37. The number of ether oxygens (including phenoxy) is 1. The van der Waals surface area contributed by atoms with E-state index in [0.29, 0.717) is 18.6 Å². The summed E-state index contributed by atoms with van der Waals surface area (Å²) in [5, 5.41) is 9.31. The van der Waals surface area contributed by atoms with Gasteiger partial charge in [0.05, 0.1) is 12.2 Å². The van der Waals surface area contributed by atoms with E-state index in [1.807, 2.05) is 26.8 Å². The normalized spacial score (nSPS) is 11.2. The Kier molecular flexibility index (Phi) is 5.31. The summed E-state index contributed by atoms with van der Waals surface area (Å²) in [7, 11) is 0. The van der Waals surface area contributed by atoms with E-state index in [-0.39, 0.29) is 23.4 Å². The van der Waals surface area contributed by atoms with Crippen molar-refractivity contribution in [3.05, 3.63) is 34.9 Å². The van der Waals surface area contributed by atoms with Crippen molar-refractivity contribution in [3.63, 3.8) is 0 Å². The Labute approximate surface area is 119 Å². The Morgan fingerprint density at radius 1 is 1.25 bits per heavy atom. The second-order valence-electron chi connectivity index (χ2n) is 5.73. The van der Waals surface area contributed by atoms with Crippen molar-refractivity contribution < 1.29 is 19.4 Å². The van der Waals surface area contributed by atoms with Crippen LogP contribution in [0.4, 0.5) is 0 Å². The first-order valence-electron chi connectivity index (χ1n) is 6.78. The topological polar surface area (TPSA) is 63.6 Å². The lowest BCUT2D eigenvalue weighted by molar-refractivity contribution is -0.143. The molecule has 0 aliphatic carbocycles. The molecule has 110 valence electrons. The van der Waals surface area contributed by atoms with Gasteiger partial charge in [-0.1, -0.05) is 32.9 Å². The molecule has 0 unspecified atom stereocenters. The first-order valence-corrected chi connectivity index (χ1v) is 6.78. The number of aryl methyl sites for hydroxylation is 1. The largest absolute Gasteiger partial charge is 0.478 e. The van der Waals surface area contributed by atoms with Gasteiger partial charge in [0.2, 0.25) is 0 Å². The van der Waals surface area contributed by atoms with Crippen molar-refractivity contribution in [3.8, 4) is 0 Å². The molecule has 0 spiro atoms. The zero-order valence-corrected chi connectivity index (χ0v) is 12.5. The molecular formula is C16H22O4. The zero-order valence-electron chi connectivity index (χ0n) is 12.5. The fourth-order valence-corrected chi connectivity index (χ4v) is 1.93. The molecule has 0 saturated carbocycles. The summed E-state index contributed by atoms with van der Waals surface area (Å²) in [4.78, 5) is 22.7. The number of carboxylic acid groups (broad SMARTS) is 1. The molecule has 0 aromatic heterocycles. The minimum Gasteiger partial charge on any atom is -0.478 e. The van der Waals surface area contributed by atoms with E-state index in [1.54, 1.807) is 19.1 Å². The number of benzene rings is 1. The molecule has 0 aliphatic heterocycles. The van der Waals surface area contributed by atoms with E-state index >= 15 is 0 Å². The highest BCUT2D eigenvalue weighted by atomic mass is 16.5. The second-order valence-corrected chi connectivity index (χ2v) is 5.73. The number of carbonyl (C=O) groups excluding carboxylic acids is 1. The molecule has 1 N–H and O–H groups in total. The third-order valence-corrected chi connectivity index (χ3v) is 3.11. The first kappa shape index (κ1) is 16.2. The van der Waals surface area contributed by atoms with Gasteiger partial charge in [0, 0.05) is 6.42 Å². The zero-order chi connectivity index (χ0) is 15.3. The Hall–Kier alpha value is -1.84. The molecule has 0 amide bonds. The minimum atomic E-state index is -0.963. The number of carbonyl (C=O) groups is 2. The van der Waals surface area contributed by atoms with E-state index in [2.05, 4.69) is 0 Å². The van der Waals surface area contributed by atoms with Gasteiger partial charge in [-0.3, -0.25) is 4.79 Å². The monoisotopic (exact) mass is 278 g/mol. The molecule has 20 heavy (non-hydrogen) atoms. The molecule has 1 aromatic carbocycles. The maximum Gasteiger partial charge on any atom is 0.335 e. The number of hydrogen-bond donors (Lipinski definition) is 1. The van der Waals surface area contributed by atoms with Crippen LogP contribution in [-0.2, 0) is 21.4 Å². The van der Waals surface area contributed by atoms with Gasteiger partial charge in [-0.05, 0) is 36.0 Å². The van der Waals surface area contributed by atoms with Crippen LogP contribution in [0, 0.1) is 0 Å². The van der Waals surface area contributed by atoms with E-state index in [1.165, 1.54) is 0 Å². The number of hydrogen-bond acceptors (Lipinski definition) is 3. The highest BCUT2D eigenvalue weighted by Crippen LogP contribution is 2.25. The summed E-state index contributed by atoms with van der Waals surface area (Å²) < 4.78 is 4.86. The fraction of sp³-hybridized carbons (Fsp3) is 0.500. The molecule has 0 radical (unpaired) electrons. The fourth-order valence-electron chi connectivity index (χ4n) is 1.93. The van der Waals surface area contributed by atoms with Gasteiger partial charge in [0.1, 0.15) is 0 Å². The van der Waals surface area contributed by atoms with Gasteiger partial charge in [-0.15, -0.1) is 0 Å². The SMILES string of the molecule is CCOC(=O)CCc1ccc(C(C)(C)C)cc1C(=O)O.